The van der Waals surface area contributed by atoms with Crippen LogP contribution in [0.5, 0.6) is 0 Å². The summed E-state index contributed by atoms with van der Waals surface area (Å²) in [5, 5.41) is 0. The van der Waals surface area contributed by atoms with Crippen molar-refractivity contribution in [1.29, 1.82) is 0 Å². The third-order valence-corrected chi connectivity index (χ3v) is 0.492. The van der Waals surface area contributed by atoms with E-state index in [0.29, 0.717) is 13.2 Å². The molecule has 0 N–H and O–H groups in total. The molecule has 2 nitrogen and oxygen atoms in total. The number of hydrogen-bond acceptors (Lipinski definition) is 2. The summed E-state index contributed by atoms with van der Waals surface area (Å²) in [7, 11) is 3.30. The maximum Gasteiger partial charge on any atom is 0.0696 e. The van der Waals surface area contributed by atoms with E-state index >= 15 is 0 Å². The summed E-state index contributed by atoms with van der Waals surface area (Å²) >= 11 is 0. The molecule has 48 valence electrons. The third-order valence-electron chi connectivity index (χ3n) is 0.492. The minimum Gasteiger partial charge on any atom is -0.382 e. The van der Waals surface area contributed by atoms with Crippen molar-refractivity contribution in [2.75, 3.05) is 27.4 Å². The summed E-state index contributed by atoms with van der Waals surface area (Å²) in [5.74, 6) is 0. The fourth-order valence-electron chi connectivity index (χ4n) is 0.167. The van der Waals surface area contributed by atoms with E-state index in [-0.39, 0.29) is 38.2 Å². The van der Waals surface area contributed by atoms with E-state index in [1.807, 2.05) is 0 Å². The van der Waals surface area contributed by atoms with Gasteiger partial charge in [0.2, 0.25) is 0 Å². The van der Waals surface area contributed by atoms with Crippen molar-refractivity contribution in [3.05, 3.63) is 0 Å². The van der Waals surface area contributed by atoms with Gasteiger partial charge >= 0.3 is 0 Å². The first-order valence-electron chi connectivity index (χ1n) is 1.89. The molecule has 0 radical (unpaired) electrons. The van der Waals surface area contributed by atoms with Gasteiger partial charge in [-0.3, -0.25) is 0 Å². The standard InChI is InChI=1S/C4H10O2.Dy/c1-5-3-4-6-2;/h3-4H2,1-2H3;. The third kappa shape index (κ3) is 11.0. The van der Waals surface area contributed by atoms with Crippen LogP contribution in [-0.2, 0) is 9.47 Å². The van der Waals surface area contributed by atoms with E-state index < -0.39 is 0 Å². The Bertz CT molecular complexity index is 21.7. The fraction of sp³-hybridized carbons (Fsp3) is 1.00. The second-order valence-corrected chi connectivity index (χ2v) is 0.986. The maximum absolute atomic E-state index is 4.66. The topological polar surface area (TPSA) is 18.5 Å². The Morgan fingerprint density at radius 2 is 1.29 bits per heavy atom. The molecular weight excluding hydrogens is 243 g/mol. The number of methoxy groups -OCH3 is 2. The van der Waals surface area contributed by atoms with Gasteiger partial charge in [0, 0.05) is 52.4 Å². The summed E-state index contributed by atoms with van der Waals surface area (Å²) in [4.78, 5) is 0. The van der Waals surface area contributed by atoms with Crippen LogP contribution in [0.25, 0.3) is 0 Å². The van der Waals surface area contributed by atoms with Crippen molar-refractivity contribution >= 4 is 0 Å². The Morgan fingerprint density at radius 3 is 1.43 bits per heavy atom. The van der Waals surface area contributed by atoms with E-state index in [4.69, 9.17) is 0 Å². The van der Waals surface area contributed by atoms with Crippen LogP contribution in [-0.4, -0.2) is 27.4 Å². The Labute approximate surface area is 74.6 Å². The van der Waals surface area contributed by atoms with Gasteiger partial charge in [0.1, 0.15) is 0 Å². The van der Waals surface area contributed by atoms with Gasteiger partial charge in [0.05, 0.1) is 13.2 Å². The Hall–Kier alpha value is 1.19. The number of ether oxygens (including phenoxy) is 2. The van der Waals surface area contributed by atoms with E-state index in [0.717, 1.165) is 0 Å². The van der Waals surface area contributed by atoms with Crippen molar-refractivity contribution in [2.24, 2.45) is 0 Å². The molecule has 0 rings (SSSR count). The van der Waals surface area contributed by atoms with E-state index in [1.54, 1.807) is 14.2 Å². The molecule has 0 heterocycles. The Balaban J connectivity index is 0. The Morgan fingerprint density at radius 1 is 1.00 bits per heavy atom. The van der Waals surface area contributed by atoms with Crippen LogP contribution in [0.3, 0.4) is 0 Å². The molecule has 0 fully saturated rings. The zero-order valence-corrected chi connectivity index (χ0v) is 6.58. The van der Waals surface area contributed by atoms with Gasteiger partial charge in [0.25, 0.3) is 0 Å². The predicted octanol–water partition coefficient (Wildman–Crippen LogP) is 0.279. The molecule has 0 amide bonds. The molecule has 0 aromatic heterocycles. The average Bonchev–Trinajstić information content (AvgIpc) is 1.61. The number of rotatable bonds is 3. The second kappa shape index (κ2) is 10.2. The van der Waals surface area contributed by atoms with Gasteiger partial charge < -0.3 is 9.47 Å². The molecule has 0 atom stereocenters. The van der Waals surface area contributed by atoms with E-state index in [2.05, 4.69) is 9.47 Å². The molecule has 0 saturated heterocycles. The first-order chi connectivity index (χ1) is 2.91. The van der Waals surface area contributed by atoms with Crippen LogP contribution in [0, 0.1) is 38.2 Å². The van der Waals surface area contributed by atoms with Crippen molar-refractivity contribution in [3.63, 3.8) is 0 Å². The van der Waals surface area contributed by atoms with Gasteiger partial charge in [-0.05, 0) is 0 Å². The molecule has 0 saturated carbocycles. The van der Waals surface area contributed by atoms with Crippen LogP contribution in [0.1, 0.15) is 0 Å². The van der Waals surface area contributed by atoms with Crippen LogP contribution < -0.4 is 0 Å². The monoisotopic (exact) mass is 254 g/mol. The van der Waals surface area contributed by atoms with E-state index in [9.17, 15) is 0 Å². The summed E-state index contributed by atoms with van der Waals surface area (Å²) in [6.07, 6.45) is 0. The van der Waals surface area contributed by atoms with Crippen molar-refractivity contribution in [2.45, 2.75) is 0 Å². The SMILES string of the molecule is COCCOC.[Dy]. The van der Waals surface area contributed by atoms with Gasteiger partial charge in [-0.1, -0.05) is 0 Å². The molecule has 0 aliphatic carbocycles. The van der Waals surface area contributed by atoms with Crippen LogP contribution in [0.4, 0.5) is 0 Å². The summed E-state index contributed by atoms with van der Waals surface area (Å²) in [6.45, 7) is 1.38. The zero-order chi connectivity index (χ0) is 4.83. The summed E-state index contributed by atoms with van der Waals surface area (Å²) in [6, 6.07) is 0. The van der Waals surface area contributed by atoms with Crippen molar-refractivity contribution in [1.82, 2.24) is 0 Å². The zero-order valence-electron chi connectivity index (χ0n) is 4.55. The molecule has 3 heteroatoms. The predicted molar refractivity (Wildman–Crippen MR) is 23.8 cm³/mol. The molecule has 0 aliphatic heterocycles. The summed E-state index contributed by atoms with van der Waals surface area (Å²) < 4.78 is 9.31. The quantitative estimate of drug-likeness (QED) is 0.672. The minimum atomic E-state index is 0. The first-order valence-corrected chi connectivity index (χ1v) is 1.89. The van der Waals surface area contributed by atoms with Crippen LogP contribution in [0.15, 0.2) is 0 Å². The van der Waals surface area contributed by atoms with E-state index in [1.165, 1.54) is 0 Å². The fourth-order valence-corrected chi connectivity index (χ4v) is 0.167. The van der Waals surface area contributed by atoms with Crippen molar-refractivity contribution in [3.8, 4) is 0 Å². The van der Waals surface area contributed by atoms with Gasteiger partial charge in [-0.15, -0.1) is 0 Å². The smallest absolute Gasteiger partial charge is 0.0696 e. The largest absolute Gasteiger partial charge is 0.382 e. The normalized spacial score (nSPS) is 7.71. The van der Waals surface area contributed by atoms with Gasteiger partial charge in [-0.2, -0.15) is 0 Å². The Kier molecular flexibility index (Phi) is 16.2. The van der Waals surface area contributed by atoms with Crippen LogP contribution in [0.2, 0.25) is 0 Å². The molecule has 7 heavy (non-hydrogen) atoms. The summed E-state index contributed by atoms with van der Waals surface area (Å²) in [5.41, 5.74) is 0. The van der Waals surface area contributed by atoms with Crippen LogP contribution >= 0.6 is 0 Å². The molecule has 0 unspecified atom stereocenters. The van der Waals surface area contributed by atoms with Crippen molar-refractivity contribution < 1.29 is 47.6 Å². The molecule has 0 spiro atoms. The molecular formula is C4H10DyO2. The average molecular weight is 253 g/mol. The molecule has 0 aromatic carbocycles. The minimum absolute atomic E-state index is 0. The molecule has 0 aromatic rings. The first kappa shape index (κ1) is 11.1. The maximum atomic E-state index is 4.66. The molecule has 0 bridgehead atoms. The van der Waals surface area contributed by atoms with Gasteiger partial charge in [-0.25, -0.2) is 0 Å². The van der Waals surface area contributed by atoms with Gasteiger partial charge in [0.15, 0.2) is 0 Å². The molecule has 0 aliphatic rings. The second-order valence-electron chi connectivity index (χ2n) is 0.986. The number of hydrogen-bond donors (Lipinski definition) is 0.